The summed E-state index contributed by atoms with van der Waals surface area (Å²) in [5.41, 5.74) is 1.89. The third-order valence-corrected chi connectivity index (χ3v) is 5.42. The SMILES string of the molecule is CC(CNC(=O)c1cc2c(Cl)cc(Cl)cc2[nH]1)CNc1cc(=O)c2ccccc2[nH]1. The smallest absolute Gasteiger partial charge is 0.267 e. The van der Waals surface area contributed by atoms with Gasteiger partial charge in [0.2, 0.25) is 0 Å². The second-order valence-corrected chi connectivity index (χ2v) is 8.16. The monoisotopic (exact) mass is 442 g/mol. The lowest BCUT2D eigenvalue weighted by molar-refractivity contribution is 0.0944. The highest BCUT2D eigenvalue weighted by molar-refractivity contribution is 6.38. The molecule has 1 atom stereocenters. The van der Waals surface area contributed by atoms with Crippen LogP contribution in [0.2, 0.25) is 10.0 Å². The summed E-state index contributed by atoms with van der Waals surface area (Å²) in [5.74, 6) is 0.565. The van der Waals surface area contributed by atoms with Gasteiger partial charge in [-0.2, -0.15) is 0 Å². The predicted molar refractivity (Wildman–Crippen MR) is 123 cm³/mol. The van der Waals surface area contributed by atoms with Crippen LogP contribution in [0.5, 0.6) is 0 Å². The molecule has 0 saturated heterocycles. The Labute approximate surface area is 182 Å². The lowest BCUT2D eigenvalue weighted by Gasteiger charge is -2.14. The lowest BCUT2D eigenvalue weighted by atomic mass is 10.1. The number of hydrogen-bond donors (Lipinski definition) is 4. The van der Waals surface area contributed by atoms with E-state index >= 15 is 0 Å². The van der Waals surface area contributed by atoms with Crippen molar-refractivity contribution in [1.82, 2.24) is 15.3 Å². The Kier molecular flexibility index (Phi) is 5.70. The van der Waals surface area contributed by atoms with Gasteiger partial charge >= 0.3 is 0 Å². The van der Waals surface area contributed by atoms with Crippen LogP contribution in [0.4, 0.5) is 5.82 Å². The number of para-hydroxylation sites is 1. The minimum absolute atomic E-state index is 0.0367. The molecule has 0 fully saturated rings. The minimum Gasteiger partial charge on any atom is -0.371 e. The average molecular weight is 443 g/mol. The van der Waals surface area contributed by atoms with Gasteiger partial charge in [0.1, 0.15) is 11.5 Å². The molecule has 0 spiro atoms. The van der Waals surface area contributed by atoms with Gasteiger partial charge in [0, 0.05) is 40.5 Å². The van der Waals surface area contributed by atoms with Crippen LogP contribution in [0.3, 0.4) is 0 Å². The van der Waals surface area contributed by atoms with Crippen LogP contribution in [-0.4, -0.2) is 29.0 Å². The quantitative estimate of drug-likeness (QED) is 0.345. The van der Waals surface area contributed by atoms with E-state index in [4.69, 9.17) is 23.2 Å². The highest BCUT2D eigenvalue weighted by Crippen LogP contribution is 2.28. The molecule has 0 saturated carbocycles. The number of hydrogen-bond acceptors (Lipinski definition) is 3. The van der Waals surface area contributed by atoms with Crippen molar-refractivity contribution in [3.63, 3.8) is 0 Å². The van der Waals surface area contributed by atoms with E-state index in [1.54, 1.807) is 30.3 Å². The maximum absolute atomic E-state index is 12.5. The topological polar surface area (TPSA) is 89.8 Å². The van der Waals surface area contributed by atoms with Crippen LogP contribution in [-0.2, 0) is 0 Å². The summed E-state index contributed by atoms with van der Waals surface area (Å²) in [4.78, 5) is 30.9. The number of pyridine rings is 1. The van der Waals surface area contributed by atoms with Gasteiger partial charge in [-0.15, -0.1) is 0 Å². The number of anilines is 1. The fraction of sp³-hybridized carbons (Fsp3) is 0.182. The Morgan fingerprint density at radius 2 is 1.80 bits per heavy atom. The van der Waals surface area contributed by atoms with Gasteiger partial charge in [0.15, 0.2) is 5.43 Å². The number of H-pyrrole nitrogens is 2. The fourth-order valence-electron chi connectivity index (χ4n) is 3.29. The molecule has 0 radical (unpaired) electrons. The third kappa shape index (κ3) is 4.30. The van der Waals surface area contributed by atoms with Gasteiger partial charge in [-0.3, -0.25) is 9.59 Å². The molecule has 4 rings (SSSR count). The van der Waals surface area contributed by atoms with Crippen LogP contribution in [0, 0.1) is 5.92 Å². The number of benzene rings is 2. The molecule has 30 heavy (non-hydrogen) atoms. The molecule has 1 unspecified atom stereocenters. The van der Waals surface area contributed by atoms with E-state index in [9.17, 15) is 9.59 Å². The summed E-state index contributed by atoms with van der Waals surface area (Å²) in [6.45, 7) is 3.06. The van der Waals surface area contributed by atoms with E-state index in [1.807, 2.05) is 25.1 Å². The number of carbonyl (C=O) groups excluding carboxylic acids is 1. The Morgan fingerprint density at radius 3 is 2.63 bits per heavy atom. The molecule has 0 aliphatic rings. The first-order valence-electron chi connectivity index (χ1n) is 9.52. The van der Waals surface area contributed by atoms with Crippen molar-refractivity contribution in [2.75, 3.05) is 18.4 Å². The van der Waals surface area contributed by atoms with E-state index in [0.29, 0.717) is 45.5 Å². The van der Waals surface area contributed by atoms with E-state index < -0.39 is 0 Å². The number of rotatable bonds is 6. The number of aromatic nitrogens is 2. The number of fused-ring (bicyclic) bond motifs is 2. The molecule has 0 aliphatic heterocycles. The van der Waals surface area contributed by atoms with Gasteiger partial charge < -0.3 is 20.6 Å². The van der Waals surface area contributed by atoms with Gasteiger partial charge in [0.25, 0.3) is 5.91 Å². The number of nitrogens with one attached hydrogen (secondary N) is 4. The zero-order valence-electron chi connectivity index (χ0n) is 16.2. The maximum Gasteiger partial charge on any atom is 0.267 e. The van der Waals surface area contributed by atoms with Gasteiger partial charge in [-0.1, -0.05) is 42.3 Å². The van der Waals surface area contributed by atoms with Crippen molar-refractivity contribution in [3.8, 4) is 0 Å². The van der Waals surface area contributed by atoms with Crippen LogP contribution >= 0.6 is 23.2 Å². The van der Waals surface area contributed by atoms with Crippen LogP contribution in [0.1, 0.15) is 17.4 Å². The van der Waals surface area contributed by atoms with Crippen LogP contribution in [0.15, 0.2) is 53.3 Å². The first-order valence-corrected chi connectivity index (χ1v) is 10.3. The van der Waals surface area contributed by atoms with Crippen molar-refractivity contribution in [1.29, 1.82) is 0 Å². The summed E-state index contributed by atoms with van der Waals surface area (Å²) in [5, 5.41) is 8.55. The highest BCUT2D eigenvalue weighted by atomic mass is 35.5. The van der Waals surface area contributed by atoms with Gasteiger partial charge in [-0.05, 0) is 36.2 Å². The number of carbonyl (C=O) groups is 1. The molecule has 2 aromatic heterocycles. The average Bonchev–Trinajstić information content (AvgIpc) is 3.15. The number of halogens is 2. The Morgan fingerprint density at radius 1 is 1.00 bits per heavy atom. The largest absolute Gasteiger partial charge is 0.371 e. The zero-order chi connectivity index (χ0) is 21.3. The molecule has 0 bridgehead atoms. The van der Waals surface area contributed by atoms with Gasteiger partial charge in [-0.25, -0.2) is 0 Å². The minimum atomic E-state index is -0.218. The van der Waals surface area contributed by atoms with Crippen LogP contribution in [0.25, 0.3) is 21.8 Å². The molecule has 1 amide bonds. The summed E-state index contributed by atoms with van der Waals surface area (Å²) in [6, 6.07) is 14.0. The molecular formula is C22H20Cl2N4O2. The van der Waals surface area contributed by atoms with Crippen LogP contribution < -0.4 is 16.1 Å². The van der Waals surface area contributed by atoms with Crippen molar-refractivity contribution < 1.29 is 4.79 Å². The molecule has 4 aromatic rings. The molecule has 154 valence electrons. The molecular weight excluding hydrogens is 423 g/mol. The summed E-state index contributed by atoms with van der Waals surface area (Å²) in [7, 11) is 0. The molecule has 2 aromatic carbocycles. The van der Waals surface area contributed by atoms with E-state index in [1.165, 1.54) is 0 Å². The van der Waals surface area contributed by atoms with Crippen molar-refractivity contribution in [2.24, 2.45) is 5.92 Å². The van der Waals surface area contributed by atoms with Crippen molar-refractivity contribution in [2.45, 2.75) is 6.92 Å². The van der Waals surface area contributed by atoms with E-state index in [0.717, 1.165) is 10.9 Å². The fourth-order valence-corrected chi connectivity index (χ4v) is 3.84. The Hall–Kier alpha value is -2.96. The molecule has 2 heterocycles. The normalized spacial score (nSPS) is 12.2. The molecule has 0 aliphatic carbocycles. The highest BCUT2D eigenvalue weighted by Gasteiger charge is 2.13. The predicted octanol–water partition coefficient (Wildman–Crippen LogP) is 4.79. The Balaban J connectivity index is 1.36. The standard InChI is InChI=1S/C22H20Cl2N4O2/c1-12(10-25-21-9-20(29)14-4-2-3-5-17(14)28-21)11-26-22(30)19-8-15-16(24)6-13(23)7-18(15)27-19/h2-9,12,27H,10-11H2,1H3,(H,26,30)(H2,25,28,29). The summed E-state index contributed by atoms with van der Waals surface area (Å²) in [6.07, 6.45) is 0. The lowest BCUT2D eigenvalue weighted by Crippen LogP contribution is -2.31. The first-order chi connectivity index (χ1) is 14.4. The van der Waals surface area contributed by atoms with Crippen molar-refractivity contribution in [3.05, 3.63) is 74.5 Å². The van der Waals surface area contributed by atoms with Crippen molar-refractivity contribution >= 4 is 56.7 Å². The number of amides is 1. The van der Waals surface area contributed by atoms with E-state index in [2.05, 4.69) is 20.6 Å². The first kappa shape index (κ1) is 20.3. The third-order valence-electron chi connectivity index (χ3n) is 4.89. The second-order valence-electron chi connectivity index (χ2n) is 7.32. The maximum atomic E-state index is 12.5. The van der Waals surface area contributed by atoms with E-state index in [-0.39, 0.29) is 17.3 Å². The number of aromatic amines is 2. The Bertz CT molecular complexity index is 1300. The molecule has 8 heteroatoms. The molecule has 4 N–H and O–H groups in total. The zero-order valence-corrected chi connectivity index (χ0v) is 17.7. The summed E-state index contributed by atoms with van der Waals surface area (Å²) >= 11 is 12.2. The summed E-state index contributed by atoms with van der Waals surface area (Å²) < 4.78 is 0. The molecule has 6 nitrogen and oxygen atoms in total. The van der Waals surface area contributed by atoms with Gasteiger partial charge in [0.05, 0.1) is 10.5 Å². The second kappa shape index (κ2) is 8.42.